The van der Waals surface area contributed by atoms with Gasteiger partial charge in [-0.15, -0.1) is 0 Å². The van der Waals surface area contributed by atoms with Gasteiger partial charge in [0.2, 0.25) is 0 Å². The molecule has 0 aliphatic heterocycles. The van der Waals surface area contributed by atoms with Crippen LogP contribution in [0.5, 0.6) is 0 Å². The van der Waals surface area contributed by atoms with E-state index in [1.54, 1.807) is 7.11 Å². The van der Waals surface area contributed by atoms with Gasteiger partial charge in [0, 0.05) is 12.7 Å². The number of hydrogen-bond acceptors (Lipinski definition) is 3. The van der Waals surface area contributed by atoms with Crippen molar-refractivity contribution in [3.63, 3.8) is 0 Å². The van der Waals surface area contributed by atoms with Gasteiger partial charge in [-0.05, 0) is 29.8 Å². The number of ether oxygens (including phenoxy) is 1. The molecular formula is C14H15BrN2O2. The Kier molecular flexibility index (Phi) is 3.87. The summed E-state index contributed by atoms with van der Waals surface area (Å²) in [5.41, 5.74) is 0.635. The first-order chi connectivity index (χ1) is 8.95. The molecule has 0 unspecified atom stereocenters. The van der Waals surface area contributed by atoms with Crippen molar-refractivity contribution in [2.75, 3.05) is 7.11 Å². The van der Waals surface area contributed by atoms with Crippen LogP contribution in [0.25, 0.3) is 11.3 Å². The van der Waals surface area contributed by atoms with E-state index in [2.05, 4.69) is 25.9 Å². The van der Waals surface area contributed by atoms with Crippen molar-refractivity contribution < 1.29 is 4.74 Å². The molecule has 2 aromatic rings. The van der Waals surface area contributed by atoms with Crippen LogP contribution >= 0.6 is 15.9 Å². The molecule has 0 aliphatic rings. The maximum Gasteiger partial charge on any atom is 0.265 e. The number of nitrogens with one attached hydrogen (secondary N) is 1. The molecule has 0 atom stereocenters. The minimum Gasteiger partial charge on any atom is -0.371 e. The van der Waals surface area contributed by atoms with E-state index in [1.807, 2.05) is 44.2 Å². The summed E-state index contributed by atoms with van der Waals surface area (Å²) in [7, 11) is 1.59. The monoisotopic (exact) mass is 322 g/mol. The van der Waals surface area contributed by atoms with Crippen molar-refractivity contribution in [3.8, 4) is 11.3 Å². The summed E-state index contributed by atoms with van der Waals surface area (Å²) in [4.78, 5) is 19.3. The zero-order chi connectivity index (χ0) is 14.0. The molecule has 0 fully saturated rings. The third-order valence-electron chi connectivity index (χ3n) is 2.99. The Hall–Kier alpha value is -1.46. The van der Waals surface area contributed by atoms with Crippen LogP contribution in [0, 0.1) is 0 Å². The molecule has 1 N–H and O–H groups in total. The first kappa shape index (κ1) is 14.0. The summed E-state index contributed by atoms with van der Waals surface area (Å²) in [5.74, 6) is 0.502. The number of aromatic amines is 1. The molecule has 0 spiro atoms. The van der Waals surface area contributed by atoms with Gasteiger partial charge in [-0.3, -0.25) is 4.79 Å². The average molecular weight is 323 g/mol. The maximum atomic E-state index is 12.0. The summed E-state index contributed by atoms with van der Waals surface area (Å²) in [6.07, 6.45) is 0. The van der Waals surface area contributed by atoms with Crippen molar-refractivity contribution >= 4 is 15.9 Å². The number of aromatic nitrogens is 2. The SMILES string of the molecule is COC(C)(C)c1nc(-c2ccccc2)c(Br)c(=O)[nH]1. The highest BCUT2D eigenvalue weighted by Gasteiger charge is 2.24. The Labute approximate surface area is 120 Å². The normalized spacial score (nSPS) is 11.6. The van der Waals surface area contributed by atoms with E-state index >= 15 is 0 Å². The number of halogens is 1. The first-order valence-corrected chi connectivity index (χ1v) is 6.66. The van der Waals surface area contributed by atoms with Gasteiger partial charge < -0.3 is 9.72 Å². The number of benzene rings is 1. The van der Waals surface area contributed by atoms with Gasteiger partial charge in [-0.1, -0.05) is 30.3 Å². The topological polar surface area (TPSA) is 55.0 Å². The fourth-order valence-corrected chi connectivity index (χ4v) is 2.04. The van der Waals surface area contributed by atoms with Crippen molar-refractivity contribution in [1.82, 2.24) is 9.97 Å². The Bertz CT molecular complexity index is 636. The lowest BCUT2D eigenvalue weighted by atomic mass is 10.1. The zero-order valence-electron chi connectivity index (χ0n) is 11.0. The molecule has 1 aromatic heterocycles. The van der Waals surface area contributed by atoms with E-state index < -0.39 is 5.60 Å². The fourth-order valence-electron chi connectivity index (χ4n) is 1.63. The minimum atomic E-state index is -0.649. The molecule has 1 heterocycles. The van der Waals surface area contributed by atoms with Gasteiger partial charge in [0.25, 0.3) is 5.56 Å². The summed E-state index contributed by atoms with van der Waals surface area (Å²) in [5, 5.41) is 0. The van der Waals surface area contributed by atoms with Gasteiger partial charge in [-0.25, -0.2) is 4.98 Å². The van der Waals surface area contributed by atoms with Crippen LogP contribution < -0.4 is 5.56 Å². The number of H-pyrrole nitrogens is 1. The highest BCUT2D eigenvalue weighted by Crippen LogP contribution is 2.26. The second kappa shape index (κ2) is 5.27. The Morgan fingerprint density at radius 3 is 2.47 bits per heavy atom. The van der Waals surface area contributed by atoms with E-state index in [-0.39, 0.29) is 5.56 Å². The van der Waals surface area contributed by atoms with E-state index in [1.165, 1.54) is 0 Å². The Balaban J connectivity index is 2.66. The number of hydrogen-bond donors (Lipinski definition) is 1. The summed E-state index contributed by atoms with van der Waals surface area (Å²) >= 11 is 3.29. The molecule has 5 heteroatoms. The van der Waals surface area contributed by atoms with Crippen LogP contribution in [0.1, 0.15) is 19.7 Å². The van der Waals surface area contributed by atoms with E-state index in [0.717, 1.165) is 5.56 Å². The van der Waals surface area contributed by atoms with Gasteiger partial charge in [0.15, 0.2) is 0 Å². The van der Waals surface area contributed by atoms with Crippen molar-refractivity contribution in [1.29, 1.82) is 0 Å². The quantitative estimate of drug-likeness (QED) is 0.944. The van der Waals surface area contributed by atoms with Crippen LogP contribution in [0.2, 0.25) is 0 Å². The molecule has 19 heavy (non-hydrogen) atoms. The predicted octanol–water partition coefficient (Wildman–Crippen LogP) is 3.08. The fraction of sp³-hybridized carbons (Fsp3) is 0.286. The van der Waals surface area contributed by atoms with E-state index in [9.17, 15) is 4.79 Å². The standard InChI is InChI=1S/C14H15BrN2O2/c1-14(2,19-3)13-16-11(10(15)12(18)17-13)9-7-5-4-6-8-9/h4-8H,1-3H3,(H,16,17,18). The number of nitrogens with zero attached hydrogens (tertiary/aromatic N) is 1. The molecule has 2 rings (SSSR count). The van der Waals surface area contributed by atoms with Crippen LogP contribution in [-0.2, 0) is 10.3 Å². The lowest BCUT2D eigenvalue weighted by Gasteiger charge is -2.22. The minimum absolute atomic E-state index is 0.214. The molecule has 0 saturated carbocycles. The molecule has 0 radical (unpaired) electrons. The molecule has 0 bridgehead atoms. The summed E-state index contributed by atoms with van der Waals surface area (Å²) in [6, 6.07) is 9.56. The van der Waals surface area contributed by atoms with Gasteiger partial charge in [-0.2, -0.15) is 0 Å². The zero-order valence-corrected chi connectivity index (χ0v) is 12.6. The molecule has 100 valence electrons. The Morgan fingerprint density at radius 1 is 1.26 bits per heavy atom. The highest BCUT2D eigenvalue weighted by molar-refractivity contribution is 9.10. The third kappa shape index (κ3) is 2.77. The second-order valence-corrected chi connectivity index (χ2v) is 5.45. The van der Waals surface area contributed by atoms with E-state index in [4.69, 9.17) is 4.74 Å². The van der Waals surface area contributed by atoms with Crippen LogP contribution in [0.15, 0.2) is 39.6 Å². The molecular weight excluding hydrogens is 308 g/mol. The van der Waals surface area contributed by atoms with Gasteiger partial charge in [0.05, 0.1) is 5.69 Å². The van der Waals surface area contributed by atoms with E-state index in [0.29, 0.717) is 16.0 Å². The molecule has 4 nitrogen and oxygen atoms in total. The lowest BCUT2D eigenvalue weighted by molar-refractivity contribution is 0.0113. The summed E-state index contributed by atoms with van der Waals surface area (Å²) in [6.45, 7) is 3.71. The first-order valence-electron chi connectivity index (χ1n) is 5.86. The van der Waals surface area contributed by atoms with Crippen molar-refractivity contribution in [2.24, 2.45) is 0 Å². The molecule has 0 saturated heterocycles. The van der Waals surface area contributed by atoms with Gasteiger partial charge in [0.1, 0.15) is 15.9 Å². The molecule has 0 amide bonds. The molecule has 0 aliphatic carbocycles. The summed E-state index contributed by atoms with van der Waals surface area (Å²) < 4.78 is 5.79. The van der Waals surface area contributed by atoms with Crippen LogP contribution in [0.3, 0.4) is 0 Å². The highest BCUT2D eigenvalue weighted by atomic mass is 79.9. The largest absolute Gasteiger partial charge is 0.371 e. The van der Waals surface area contributed by atoms with Gasteiger partial charge >= 0.3 is 0 Å². The predicted molar refractivity (Wildman–Crippen MR) is 78.0 cm³/mol. The van der Waals surface area contributed by atoms with Crippen LogP contribution in [0.4, 0.5) is 0 Å². The van der Waals surface area contributed by atoms with Crippen molar-refractivity contribution in [3.05, 3.63) is 51.0 Å². The smallest absolute Gasteiger partial charge is 0.265 e. The lowest BCUT2D eigenvalue weighted by Crippen LogP contribution is -2.27. The second-order valence-electron chi connectivity index (χ2n) is 4.66. The average Bonchev–Trinajstić information content (AvgIpc) is 2.42. The number of methoxy groups -OCH3 is 1. The maximum absolute atomic E-state index is 12.0. The third-order valence-corrected chi connectivity index (χ3v) is 3.73. The molecule has 1 aromatic carbocycles. The van der Waals surface area contributed by atoms with Crippen molar-refractivity contribution in [2.45, 2.75) is 19.4 Å². The van der Waals surface area contributed by atoms with Crippen LogP contribution in [-0.4, -0.2) is 17.1 Å². The Morgan fingerprint density at radius 2 is 1.89 bits per heavy atom. The number of rotatable bonds is 3.